The Balaban J connectivity index is 1.67. The number of hydrogen-bond donors (Lipinski definition) is 1. The average Bonchev–Trinajstić information content (AvgIpc) is 3.54. The van der Waals surface area contributed by atoms with Gasteiger partial charge in [-0.05, 0) is 51.2 Å². The minimum Gasteiger partial charge on any atom is -0.396 e. The van der Waals surface area contributed by atoms with Gasteiger partial charge in [0.25, 0.3) is 0 Å². The van der Waals surface area contributed by atoms with Gasteiger partial charge in [-0.2, -0.15) is 5.10 Å². The second-order valence-corrected chi connectivity index (χ2v) is 9.86. The Hall–Kier alpha value is -2.78. The molecule has 0 bridgehead atoms. The van der Waals surface area contributed by atoms with E-state index in [1.165, 1.54) is 5.56 Å². The first-order valence-electron chi connectivity index (χ1n) is 11.2. The fourth-order valence-electron chi connectivity index (χ4n) is 4.46. The summed E-state index contributed by atoms with van der Waals surface area (Å²) >= 11 is 1.67. The van der Waals surface area contributed by atoms with Gasteiger partial charge in [0.05, 0.1) is 10.3 Å². The van der Waals surface area contributed by atoms with E-state index in [4.69, 9.17) is 15.1 Å². The van der Waals surface area contributed by atoms with Gasteiger partial charge in [0.2, 0.25) is 0 Å². The number of aromatic nitrogens is 6. The number of nitrogens with zero attached hydrogens (tertiary/aromatic N) is 7. The molecule has 1 aliphatic heterocycles. The van der Waals surface area contributed by atoms with Crippen LogP contribution in [0.1, 0.15) is 38.3 Å². The molecule has 1 aliphatic rings. The highest BCUT2D eigenvalue weighted by Crippen LogP contribution is 2.42. The van der Waals surface area contributed by atoms with Crippen molar-refractivity contribution < 1.29 is 5.11 Å². The van der Waals surface area contributed by atoms with Crippen LogP contribution in [0, 0.1) is 12.8 Å². The Labute approximate surface area is 191 Å². The van der Waals surface area contributed by atoms with Crippen LogP contribution in [0.2, 0.25) is 0 Å². The van der Waals surface area contributed by atoms with Crippen LogP contribution < -0.4 is 4.90 Å². The predicted octanol–water partition coefficient (Wildman–Crippen LogP) is 4.05. The normalized spacial score (nSPS) is 16.7. The summed E-state index contributed by atoms with van der Waals surface area (Å²) in [6.45, 7) is 8.48. The summed E-state index contributed by atoms with van der Waals surface area (Å²) in [6.07, 6.45) is 7.63. The van der Waals surface area contributed by atoms with E-state index in [0.717, 1.165) is 58.4 Å². The Morgan fingerprint density at radius 1 is 1.25 bits per heavy atom. The number of aliphatic hydroxyl groups excluding tert-OH is 1. The van der Waals surface area contributed by atoms with Gasteiger partial charge in [0, 0.05) is 51.4 Å². The van der Waals surface area contributed by atoms with Crippen molar-refractivity contribution in [1.82, 2.24) is 29.3 Å². The Morgan fingerprint density at radius 3 is 2.78 bits per heavy atom. The third kappa shape index (κ3) is 3.59. The molecule has 1 fully saturated rings. The second-order valence-electron chi connectivity index (χ2n) is 8.86. The van der Waals surface area contributed by atoms with Gasteiger partial charge in [-0.3, -0.25) is 4.68 Å². The van der Waals surface area contributed by atoms with E-state index in [2.05, 4.69) is 36.7 Å². The molecule has 0 aromatic carbocycles. The number of aliphatic hydroxyl groups is 1. The van der Waals surface area contributed by atoms with E-state index in [1.807, 2.05) is 28.7 Å². The van der Waals surface area contributed by atoms with Gasteiger partial charge in [0.15, 0.2) is 11.6 Å². The topological polar surface area (TPSA) is 84.9 Å². The highest BCUT2D eigenvalue weighted by atomic mass is 32.1. The molecule has 8 nitrogen and oxygen atoms in total. The van der Waals surface area contributed by atoms with Gasteiger partial charge in [-0.25, -0.2) is 15.0 Å². The lowest BCUT2D eigenvalue weighted by molar-refractivity contribution is 0.263. The Bertz CT molecular complexity index is 1250. The first kappa shape index (κ1) is 21.1. The molecule has 0 aliphatic carbocycles. The molecular formula is C23H29N7OS. The number of anilines is 1. The standard InChI is InChI=1S/C23H29N7OS/c1-14(2)30-10-6-17(27-30)19-15(3)18-21(29-9-5-16(13-29)7-12-31)25-20(26-23(18)32-19)22-24-8-11-28(22)4/h6,8,10-11,14,16,31H,5,7,9,12-13H2,1-4H3. The van der Waals surface area contributed by atoms with E-state index in [0.29, 0.717) is 17.8 Å². The summed E-state index contributed by atoms with van der Waals surface area (Å²) in [5, 5.41) is 15.3. The van der Waals surface area contributed by atoms with Crippen LogP contribution in [-0.4, -0.2) is 54.1 Å². The number of hydrogen-bond acceptors (Lipinski definition) is 7. The van der Waals surface area contributed by atoms with Crippen LogP contribution in [0.5, 0.6) is 0 Å². The Morgan fingerprint density at radius 2 is 2.09 bits per heavy atom. The van der Waals surface area contributed by atoms with E-state index in [9.17, 15) is 5.11 Å². The molecule has 0 spiro atoms. The molecule has 32 heavy (non-hydrogen) atoms. The number of rotatable bonds is 6. The summed E-state index contributed by atoms with van der Waals surface area (Å²) in [7, 11) is 1.96. The molecule has 0 saturated carbocycles. The van der Waals surface area contributed by atoms with Crippen LogP contribution in [0.3, 0.4) is 0 Å². The number of thiophene rings is 1. The van der Waals surface area contributed by atoms with Gasteiger partial charge in [-0.1, -0.05) is 0 Å². The van der Waals surface area contributed by atoms with Crippen LogP contribution >= 0.6 is 11.3 Å². The molecule has 1 N–H and O–H groups in total. The minimum atomic E-state index is 0.232. The fourth-order valence-corrected chi connectivity index (χ4v) is 5.60. The van der Waals surface area contributed by atoms with Crippen molar-refractivity contribution in [1.29, 1.82) is 0 Å². The van der Waals surface area contributed by atoms with Gasteiger partial charge in [0.1, 0.15) is 16.3 Å². The van der Waals surface area contributed by atoms with Crippen molar-refractivity contribution in [3.05, 3.63) is 30.2 Å². The third-order valence-corrected chi connectivity index (χ3v) is 7.49. The molecule has 1 atom stereocenters. The number of imidazole rings is 1. The predicted molar refractivity (Wildman–Crippen MR) is 128 cm³/mol. The van der Waals surface area contributed by atoms with E-state index >= 15 is 0 Å². The molecule has 9 heteroatoms. The largest absolute Gasteiger partial charge is 0.396 e. The SMILES string of the molecule is Cc1c(-c2ccn(C(C)C)n2)sc2nc(-c3nccn3C)nc(N3CCC(CCO)C3)c12. The maximum absolute atomic E-state index is 9.41. The lowest BCUT2D eigenvalue weighted by Gasteiger charge is -2.19. The highest BCUT2D eigenvalue weighted by molar-refractivity contribution is 7.22. The minimum absolute atomic E-state index is 0.232. The molecular weight excluding hydrogens is 422 g/mol. The summed E-state index contributed by atoms with van der Waals surface area (Å²) in [6, 6.07) is 2.40. The summed E-state index contributed by atoms with van der Waals surface area (Å²) < 4.78 is 3.94. The van der Waals surface area contributed by atoms with E-state index < -0.39 is 0 Å². The Kier molecular flexibility index (Phi) is 5.46. The van der Waals surface area contributed by atoms with Crippen LogP contribution in [0.4, 0.5) is 5.82 Å². The van der Waals surface area contributed by atoms with Crippen molar-refractivity contribution >= 4 is 27.4 Å². The monoisotopic (exact) mass is 451 g/mol. The molecule has 5 heterocycles. The maximum atomic E-state index is 9.41. The number of fused-ring (bicyclic) bond motifs is 1. The molecule has 4 aromatic heterocycles. The van der Waals surface area contributed by atoms with Gasteiger partial charge < -0.3 is 14.6 Å². The molecule has 5 rings (SSSR count). The molecule has 1 unspecified atom stereocenters. The van der Waals surface area contributed by atoms with Gasteiger partial charge in [-0.15, -0.1) is 11.3 Å². The van der Waals surface area contributed by atoms with Crippen molar-refractivity contribution in [3.8, 4) is 22.2 Å². The fraction of sp³-hybridized carbons (Fsp3) is 0.478. The maximum Gasteiger partial charge on any atom is 0.199 e. The summed E-state index contributed by atoms with van der Waals surface area (Å²) in [5.74, 6) is 2.86. The zero-order valence-corrected chi connectivity index (χ0v) is 19.8. The van der Waals surface area contributed by atoms with Crippen molar-refractivity contribution in [2.24, 2.45) is 13.0 Å². The molecule has 4 aromatic rings. The summed E-state index contributed by atoms with van der Waals surface area (Å²) in [5.41, 5.74) is 2.15. The van der Waals surface area contributed by atoms with Crippen molar-refractivity contribution in [2.45, 2.75) is 39.7 Å². The quantitative estimate of drug-likeness (QED) is 0.476. The summed E-state index contributed by atoms with van der Waals surface area (Å²) in [4.78, 5) is 18.9. The molecule has 1 saturated heterocycles. The smallest absolute Gasteiger partial charge is 0.199 e. The first-order valence-corrected chi connectivity index (χ1v) is 12.0. The van der Waals surface area contributed by atoms with Crippen molar-refractivity contribution in [3.63, 3.8) is 0 Å². The zero-order valence-electron chi connectivity index (χ0n) is 19.0. The van der Waals surface area contributed by atoms with Crippen LogP contribution in [0.25, 0.3) is 32.4 Å². The third-order valence-electron chi connectivity index (χ3n) is 6.29. The average molecular weight is 452 g/mol. The first-order chi connectivity index (χ1) is 15.5. The lowest BCUT2D eigenvalue weighted by Crippen LogP contribution is -2.22. The number of aryl methyl sites for hydroxylation is 2. The zero-order chi connectivity index (χ0) is 22.4. The molecule has 0 radical (unpaired) electrons. The van der Waals surface area contributed by atoms with Crippen molar-refractivity contribution in [2.75, 3.05) is 24.6 Å². The van der Waals surface area contributed by atoms with Gasteiger partial charge >= 0.3 is 0 Å². The van der Waals surface area contributed by atoms with Crippen LogP contribution in [0.15, 0.2) is 24.7 Å². The van der Waals surface area contributed by atoms with Crippen LogP contribution in [-0.2, 0) is 7.05 Å². The molecule has 168 valence electrons. The van der Waals surface area contributed by atoms with E-state index in [1.54, 1.807) is 17.5 Å². The lowest BCUT2D eigenvalue weighted by atomic mass is 10.1. The second kappa shape index (κ2) is 8.29. The highest BCUT2D eigenvalue weighted by Gasteiger charge is 2.28. The molecule has 0 amide bonds. The van der Waals surface area contributed by atoms with E-state index in [-0.39, 0.29) is 6.61 Å².